The van der Waals surface area contributed by atoms with Crippen LogP contribution in [0.15, 0.2) is 63.9 Å². The van der Waals surface area contributed by atoms with Gasteiger partial charge in [-0.15, -0.1) is 0 Å². The molecule has 0 atom stereocenters. The predicted octanol–water partition coefficient (Wildman–Crippen LogP) is 3.44. The van der Waals surface area contributed by atoms with Gasteiger partial charge >= 0.3 is 5.97 Å². The summed E-state index contributed by atoms with van der Waals surface area (Å²) in [6.07, 6.45) is 0. The molecule has 1 N–H and O–H groups in total. The monoisotopic (exact) mass is 460 g/mol. The number of carbonyl (C=O) groups is 2. The van der Waals surface area contributed by atoms with Gasteiger partial charge in [-0.25, -0.2) is 21.9 Å². The van der Waals surface area contributed by atoms with Crippen molar-refractivity contribution in [2.75, 3.05) is 26.0 Å². The Kier molecular flexibility index (Phi) is 6.75. The molecule has 1 amide bonds. The van der Waals surface area contributed by atoms with Crippen molar-refractivity contribution in [3.05, 3.63) is 71.7 Å². The summed E-state index contributed by atoms with van der Waals surface area (Å²) in [6, 6.07) is 13.1. The first kappa shape index (κ1) is 23.2. The van der Waals surface area contributed by atoms with Crippen LogP contribution in [0, 0.1) is 12.7 Å². The van der Waals surface area contributed by atoms with E-state index in [9.17, 15) is 22.4 Å². The highest BCUT2D eigenvalue weighted by Gasteiger charge is 2.21. The molecule has 2 aromatic carbocycles. The van der Waals surface area contributed by atoms with Gasteiger partial charge in [-0.1, -0.05) is 18.2 Å². The Morgan fingerprint density at radius 2 is 1.81 bits per heavy atom. The first-order valence-corrected chi connectivity index (χ1v) is 10.9. The number of furan rings is 1. The largest absolute Gasteiger partial charge is 0.450 e. The van der Waals surface area contributed by atoms with E-state index in [1.807, 2.05) is 0 Å². The lowest BCUT2D eigenvalue weighted by Crippen LogP contribution is -2.24. The molecule has 8 nitrogen and oxygen atoms in total. The number of sulfonamides is 1. The minimum absolute atomic E-state index is 0.0496. The van der Waals surface area contributed by atoms with Crippen molar-refractivity contribution < 1.29 is 31.6 Å². The lowest BCUT2D eigenvalue weighted by Gasteiger charge is -2.15. The number of hydrogen-bond acceptors (Lipinski definition) is 6. The summed E-state index contributed by atoms with van der Waals surface area (Å²) in [5, 5.41) is 2.49. The average Bonchev–Trinajstić information content (AvgIpc) is 3.23. The summed E-state index contributed by atoms with van der Waals surface area (Å²) in [6.45, 7) is 1.01. The van der Waals surface area contributed by atoms with Gasteiger partial charge in [-0.05, 0) is 48.9 Å². The molecule has 0 saturated heterocycles. The van der Waals surface area contributed by atoms with Crippen molar-refractivity contribution in [2.45, 2.75) is 11.8 Å². The topological polar surface area (TPSA) is 106 Å². The van der Waals surface area contributed by atoms with Gasteiger partial charge in [0.15, 0.2) is 6.61 Å². The van der Waals surface area contributed by atoms with Crippen LogP contribution in [0.4, 0.5) is 10.1 Å². The second-order valence-electron chi connectivity index (χ2n) is 7.04. The van der Waals surface area contributed by atoms with E-state index in [2.05, 4.69) is 5.32 Å². The first-order valence-electron chi connectivity index (χ1n) is 9.44. The van der Waals surface area contributed by atoms with E-state index in [1.54, 1.807) is 19.1 Å². The van der Waals surface area contributed by atoms with E-state index in [4.69, 9.17) is 9.15 Å². The van der Waals surface area contributed by atoms with Gasteiger partial charge in [-0.3, -0.25) is 4.79 Å². The van der Waals surface area contributed by atoms with Crippen molar-refractivity contribution in [1.29, 1.82) is 0 Å². The minimum Gasteiger partial charge on any atom is -0.450 e. The van der Waals surface area contributed by atoms with Crippen LogP contribution < -0.4 is 5.32 Å². The molecule has 0 aliphatic heterocycles. The molecule has 0 fully saturated rings. The number of halogens is 1. The zero-order valence-electron chi connectivity index (χ0n) is 17.6. The lowest BCUT2D eigenvalue weighted by molar-refractivity contribution is -0.119. The number of aryl methyl sites for hydroxylation is 1. The Labute approximate surface area is 184 Å². The maximum atomic E-state index is 13.8. The maximum Gasteiger partial charge on any atom is 0.374 e. The Morgan fingerprint density at radius 1 is 1.09 bits per heavy atom. The van der Waals surface area contributed by atoms with Gasteiger partial charge in [-0.2, -0.15) is 0 Å². The number of nitrogens with one attached hydrogen (secondary N) is 1. The molecule has 0 radical (unpaired) electrons. The predicted molar refractivity (Wildman–Crippen MR) is 115 cm³/mol. The smallest absolute Gasteiger partial charge is 0.374 e. The van der Waals surface area contributed by atoms with Crippen LogP contribution in [-0.4, -0.2) is 45.3 Å². The molecule has 0 aliphatic rings. The molecule has 0 unspecified atom stereocenters. The van der Waals surface area contributed by atoms with E-state index in [0.717, 1.165) is 4.31 Å². The number of nitrogens with zero attached hydrogens (tertiary/aromatic N) is 1. The third-order valence-corrected chi connectivity index (χ3v) is 6.47. The van der Waals surface area contributed by atoms with Gasteiger partial charge < -0.3 is 14.5 Å². The fraction of sp³-hybridized carbons (Fsp3) is 0.182. The number of amides is 1. The number of anilines is 1. The number of rotatable bonds is 7. The van der Waals surface area contributed by atoms with Crippen molar-refractivity contribution >= 4 is 27.6 Å². The van der Waals surface area contributed by atoms with E-state index >= 15 is 0 Å². The number of esters is 1. The summed E-state index contributed by atoms with van der Waals surface area (Å²) in [5.41, 5.74) is 0.940. The SMILES string of the molecule is Cc1ccc(NC(=O)COC(=O)c2ccc(-c3ccccc3F)o2)cc1S(=O)(=O)N(C)C. The van der Waals surface area contributed by atoms with Crippen LogP contribution in [0.25, 0.3) is 11.3 Å². The van der Waals surface area contributed by atoms with Gasteiger partial charge in [0.05, 0.1) is 10.5 Å². The maximum absolute atomic E-state index is 13.8. The van der Waals surface area contributed by atoms with Crippen LogP contribution in [0.2, 0.25) is 0 Å². The molecule has 1 aromatic heterocycles. The second-order valence-corrected chi connectivity index (χ2v) is 9.16. The fourth-order valence-corrected chi connectivity index (χ4v) is 3.95. The summed E-state index contributed by atoms with van der Waals surface area (Å²) in [7, 11) is -0.877. The molecule has 168 valence electrons. The van der Waals surface area contributed by atoms with E-state index in [1.165, 1.54) is 56.6 Å². The third-order valence-electron chi connectivity index (χ3n) is 4.51. The molecule has 32 heavy (non-hydrogen) atoms. The van der Waals surface area contributed by atoms with Crippen molar-refractivity contribution in [2.24, 2.45) is 0 Å². The Bertz CT molecular complexity index is 1270. The van der Waals surface area contributed by atoms with E-state index in [0.29, 0.717) is 5.56 Å². The molecule has 10 heteroatoms. The molecule has 0 aliphatic carbocycles. The standard InChI is InChI=1S/C22H21FN2O6S/c1-14-8-9-15(12-20(14)32(28,29)25(2)3)24-21(26)13-30-22(27)19-11-10-18(31-19)16-6-4-5-7-17(16)23/h4-12H,13H2,1-3H3,(H,24,26). The van der Waals surface area contributed by atoms with Gasteiger partial charge in [0.25, 0.3) is 5.91 Å². The van der Waals surface area contributed by atoms with Crippen LogP contribution >= 0.6 is 0 Å². The third kappa shape index (κ3) is 5.04. The quantitative estimate of drug-likeness (QED) is 0.542. The zero-order valence-corrected chi connectivity index (χ0v) is 18.4. The van der Waals surface area contributed by atoms with Gasteiger partial charge in [0, 0.05) is 19.8 Å². The molecule has 3 rings (SSSR count). The Balaban J connectivity index is 1.63. The summed E-state index contributed by atoms with van der Waals surface area (Å²) in [5.74, 6) is -2.12. The molecule has 0 bridgehead atoms. The van der Waals surface area contributed by atoms with E-state index in [-0.39, 0.29) is 27.7 Å². The summed E-state index contributed by atoms with van der Waals surface area (Å²) < 4.78 is 50.0. The van der Waals surface area contributed by atoms with Crippen LogP contribution in [0.3, 0.4) is 0 Å². The zero-order chi connectivity index (χ0) is 23.5. The summed E-state index contributed by atoms with van der Waals surface area (Å²) >= 11 is 0. The highest BCUT2D eigenvalue weighted by atomic mass is 32.2. The molecule has 0 spiro atoms. The van der Waals surface area contributed by atoms with Crippen molar-refractivity contribution in [3.63, 3.8) is 0 Å². The highest BCUT2D eigenvalue weighted by Crippen LogP contribution is 2.25. The molecule has 0 saturated carbocycles. The normalized spacial score (nSPS) is 11.4. The average molecular weight is 460 g/mol. The Hall–Kier alpha value is -3.50. The van der Waals surface area contributed by atoms with Crippen molar-refractivity contribution in [1.82, 2.24) is 4.31 Å². The Morgan fingerprint density at radius 3 is 2.50 bits per heavy atom. The van der Waals surface area contributed by atoms with Crippen LogP contribution in [-0.2, 0) is 19.6 Å². The summed E-state index contributed by atoms with van der Waals surface area (Å²) in [4.78, 5) is 24.4. The molecule has 1 heterocycles. The van der Waals surface area contributed by atoms with Gasteiger partial charge in [0.2, 0.25) is 15.8 Å². The first-order chi connectivity index (χ1) is 15.1. The van der Waals surface area contributed by atoms with Crippen molar-refractivity contribution in [3.8, 4) is 11.3 Å². The van der Waals surface area contributed by atoms with Crippen LogP contribution in [0.1, 0.15) is 16.1 Å². The molecular formula is C22H21FN2O6S. The van der Waals surface area contributed by atoms with E-state index < -0.39 is 34.3 Å². The lowest BCUT2D eigenvalue weighted by atomic mass is 10.1. The number of hydrogen-bond donors (Lipinski definition) is 1. The highest BCUT2D eigenvalue weighted by molar-refractivity contribution is 7.89. The number of carbonyl (C=O) groups excluding carboxylic acids is 2. The number of ether oxygens (including phenoxy) is 1. The molecular weight excluding hydrogens is 439 g/mol. The second kappa shape index (κ2) is 9.33. The van der Waals surface area contributed by atoms with Gasteiger partial charge in [0.1, 0.15) is 11.6 Å². The fourth-order valence-electron chi connectivity index (χ4n) is 2.81. The number of benzene rings is 2. The minimum atomic E-state index is -3.69. The molecule has 3 aromatic rings. The van der Waals surface area contributed by atoms with Crippen LogP contribution in [0.5, 0.6) is 0 Å².